The van der Waals surface area contributed by atoms with E-state index in [1.165, 1.54) is 0 Å². The molecule has 9 heteroatoms. The third-order valence-corrected chi connectivity index (χ3v) is 6.09. The molecule has 168 valence electrons. The van der Waals surface area contributed by atoms with Gasteiger partial charge >= 0.3 is 0 Å². The van der Waals surface area contributed by atoms with Crippen LogP contribution in [0.3, 0.4) is 0 Å². The molecule has 0 aromatic heterocycles. The van der Waals surface area contributed by atoms with E-state index in [9.17, 15) is 14.4 Å². The highest BCUT2D eigenvalue weighted by atomic mass is 16.5. The van der Waals surface area contributed by atoms with E-state index in [1.807, 2.05) is 29.2 Å². The molecule has 0 saturated carbocycles. The molecule has 3 saturated heterocycles. The van der Waals surface area contributed by atoms with Gasteiger partial charge in [-0.15, -0.1) is 0 Å². The maximum absolute atomic E-state index is 12.4. The topological polar surface area (TPSA) is 85.4 Å². The molecule has 31 heavy (non-hydrogen) atoms. The van der Waals surface area contributed by atoms with E-state index in [0.717, 1.165) is 50.5 Å². The molecule has 1 aromatic carbocycles. The van der Waals surface area contributed by atoms with Gasteiger partial charge in [-0.3, -0.25) is 24.2 Å². The smallest absolute Gasteiger partial charge is 0.238 e. The van der Waals surface area contributed by atoms with Gasteiger partial charge in [-0.2, -0.15) is 0 Å². The summed E-state index contributed by atoms with van der Waals surface area (Å²) in [5.74, 6) is 0.263. The third-order valence-electron chi connectivity index (χ3n) is 6.09. The van der Waals surface area contributed by atoms with Crippen molar-refractivity contribution in [2.24, 2.45) is 0 Å². The molecule has 1 aromatic rings. The molecule has 0 spiro atoms. The fraction of sp³-hybridized carbons (Fsp3) is 0.591. The van der Waals surface area contributed by atoms with E-state index in [2.05, 4.69) is 15.1 Å². The van der Waals surface area contributed by atoms with Crippen LogP contribution in [-0.2, 0) is 19.1 Å². The zero-order valence-electron chi connectivity index (χ0n) is 17.9. The second-order valence-corrected chi connectivity index (χ2v) is 8.29. The number of morpholine rings is 1. The van der Waals surface area contributed by atoms with Gasteiger partial charge in [0, 0.05) is 63.6 Å². The highest BCUT2D eigenvalue weighted by molar-refractivity contribution is 5.96. The lowest BCUT2D eigenvalue weighted by Gasteiger charge is -2.35. The Labute approximate surface area is 182 Å². The Morgan fingerprint density at radius 2 is 1.52 bits per heavy atom. The average molecular weight is 430 g/mol. The minimum Gasteiger partial charge on any atom is -0.378 e. The van der Waals surface area contributed by atoms with Gasteiger partial charge in [0.1, 0.15) is 0 Å². The van der Waals surface area contributed by atoms with Crippen molar-refractivity contribution in [3.8, 4) is 0 Å². The van der Waals surface area contributed by atoms with E-state index in [4.69, 9.17) is 4.74 Å². The molecule has 3 aliphatic heterocycles. The van der Waals surface area contributed by atoms with Crippen LogP contribution in [0.5, 0.6) is 0 Å². The SMILES string of the molecule is O=C(CN1CCN(CC(=O)N2CCOCC2)CC1)Nc1ccc(N2CCCC2=O)cc1. The van der Waals surface area contributed by atoms with E-state index in [0.29, 0.717) is 45.8 Å². The van der Waals surface area contributed by atoms with E-state index in [1.54, 1.807) is 4.90 Å². The van der Waals surface area contributed by atoms with Crippen molar-refractivity contribution in [2.75, 3.05) is 82.3 Å². The van der Waals surface area contributed by atoms with Crippen LogP contribution in [0, 0.1) is 0 Å². The van der Waals surface area contributed by atoms with Crippen LogP contribution in [0.1, 0.15) is 12.8 Å². The molecule has 1 N–H and O–H groups in total. The van der Waals surface area contributed by atoms with Crippen molar-refractivity contribution < 1.29 is 19.1 Å². The van der Waals surface area contributed by atoms with Gasteiger partial charge in [0.15, 0.2) is 0 Å². The summed E-state index contributed by atoms with van der Waals surface area (Å²) in [6.07, 6.45) is 1.50. The van der Waals surface area contributed by atoms with Gasteiger partial charge in [-0.25, -0.2) is 0 Å². The van der Waals surface area contributed by atoms with Crippen LogP contribution in [-0.4, -0.2) is 105 Å². The highest BCUT2D eigenvalue weighted by Crippen LogP contribution is 2.23. The Morgan fingerprint density at radius 3 is 2.13 bits per heavy atom. The van der Waals surface area contributed by atoms with Crippen molar-refractivity contribution in [3.05, 3.63) is 24.3 Å². The first-order valence-corrected chi connectivity index (χ1v) is 11.1. The second kappa shape index (κ2) is 10.2. The predicted molar refractivity (Wildman–Crippen MR) is 117 cm³/mol. The minimum atomic E-state index is -0.0529. The van der Waals surface area contributed by atoms with E-state index < -0.39 is 0 Å². The molecule has 0 unspecified atom stereocenters. The molecule has 0 bridgehead atoms. The van der Waals surface area contributed by atoms with Crippen LogP contribution in [0.15, 0.2) is 24.3 Å². The third kappa shape index (κ3) is 5.81. The molecule has 3 aliphatic rings. The highest BCUT2D eigenvalue weighted by Gasteiger charge is 2.24. The first-order valence-electron chi connectivity index (χ1n) is 11.1. The number of hydrogen-bond acceptors (Lipinski definition) is 6. The van der Waals surface area contributed by atoms with Crippen molar-refractivity contribution in [1.82, 2.24) is 14.7 Å². The molecular formula is C22H31N5O4. The van der Waals surface area contributed by atoms with Crippen molar-refractivity contribution >= 4 is 29.1 Å². The number of carbonyl (C=O) groups is 3. The molecular weight excluding hydrogens is 398 g/mol. The lowest BCUT2D eigenvalue weighted by atomic mass is 10.2. The van der Waals surface area contributed by atoms with Crippen LogP contribution in [0.25, 0.3) is 0 Å². The first kappa shape index (κ1) is 21.7. The summed E-state index contributed by atoms with van der Waals surface area (Å²) in [5.41, 5.74) is 1.61. The molecule has 3 amide bonds. The zero-order chi connectivity index (χ0) is 21.6. The lowest BCUT2D eigenvalue weighted by Crippen LogP contribution is -2.52. The maximum atomic E-state index is 12.4. The number of ether oxygens (including phenoxy) is 1. The molecule has 4 rings (SSSR count). The quantitative estimate of drug-likeness (QED) is 0.697. The van der Waals surface area contributed by atoms with Gasteiger partial charge < -0.3 is 19.9 Å². The predicted octanol–water partition coefficient (Wildman–Crippen LogP) is 0.228. The van der Waals surface area contributed by atoms with E-state index >= 15 is 0 Å². The number of rotatable bonds is 6. The number of amides is 3. The van der Waals surface area contributed by atoms with Crippen molar-refractivity contribution in [1.29, 1.82) is 0 Å². The number of hydrogen-bond donors (Lipinski definition) is 1. The molecule has 3 fully saturated rings. The summed E-state index contributed by atoms with van der Waals surface area (Å²) in [6, 6.07) is 7.44. The lowest BCUT2D eigenvalue weighted by molar-refractivity contribution is -0.137. The zero-order valence-corrected chi connectivity index (χ0v) is 17.9. The number of benzene rings is 1. The van der Waals surface area contributed by atoms with Gasteiger partial charge in [0.05, 0.1) is 26.3 Å². The second-order valence-electron chi connectivity index (χ2n) is 8.29. The molecule has 0 radical (unpaired) electrons. The van der Waals surface area contributed by atoms with Crippen LogP contribution in [0.2, 0.25) is 0 Å². The summed E-state index contributed by atoms with van der Waals surface area (Å²) < 4.78 is 5.30. The summed E-state index contributed by atoms with van der Waals surface area (Å²) in [6.45, 7) is 7.20. The number of carbonyl (C=O) groups excluding carboxylic acids is 3. The fourth-order valence-corrected chi connectivity index (χ4v) is 4.26. The summed E-state index contributed by atoms with van der Waals surface area (Å²) in [4.78, 5) is 44.6. The monoisotopic (exact) mass is 429 g/mol. The van der Waals surface area contributed by atoms with Crippen molar-refractivity contribution in [2.45, 2.75) is 12.8 Å². The normalized spacial score (nSPS) is 20.8. The molecule has 3 heterocycles. The Kier molecular flexibility index (Phi) is 7.16. The summed E-state index contributed by atoms with van der Waals surface area (Å²) in [5, 5.41) is 2.93. The summed E-state index contributed by atoms with van der Waals surface area (Å²) in [7, 11) is 0. The number of anilines is 2. The first-order chi connectivity index (χ1) is 15.1. The maximum Gasteiger partial charge on any atom is 0.238 e. The van der Waals surface area contributed by atoms with Gasteiger partial charge in [0.2, 0.25) is 17.7 Å². The van der Waals surface area contributed by atoms with Crippen molar-refractivity contribution in [3.63, 3.8) is 0 Å². The Hall–Kier alpha value is -2.49. The van der Waals surface area contributed by atoms with E-state index in [-0.39, 0.29) is 17.7 Å². The number of piperazine rings is 1. The standard InChI is InChI=1S/C22H31N5O4/c28-20(23-18-3-5-19(6-4-18)27-7-1-2-21(27)29)16-24-8-10-25(11-9-24)17-22(30)26-12-14-31-15-13-26/h3-6H,1-2,7-17H2,(H,23,28). The van der Waals surface area contributed by atoms with Crippen LogP contribution >= 0.6 is 0 Å². The Morgan fingerprint density at radius 1 is 0.871 bits per heavy atom. The van der Waals surface area contributed by atoms with Gasteiger partial charge in [0.25, 0.3) is 0 Å². The average Bonchev–Trinajstić information content (AvgIpc) is 3.22. The molecule has 9 nitrogen and oxygen atoms in total. The largest absolute Gasteiger partial charge is 0.378 e. The molecule has 0 aliphatic carbocycles. The van der Waals surface area contributed by atoms with Crippen LogP contribution < -0.4 is 10.2 Å². The Bertz CT molecular complexity index is 786. The van der Waals surface area contributed by atoms with Crippen LogP contribution in [0.4, 0.5) is 11.4 Å². The van der Waals surface area contributed by atoms with Gasteiger partial charge in [-0.1, -0.05) is 0 Å². The molecule has 0 atom stereocenters. The fourth-order valence-electron chi connectivity index (χ4n) is 4.26. The minimum absolute atomic E-state index is 0.0529. The summed E-state index contributed by atoms with van der Waals surface area (Å²) >= 11 is 0. The number of nitrogens with one attached hydrogen (secondary N) is 1. The Balaban J connectivity index is 1.18. The van der Waals surface area contributed by atoms with Gasteiger partial charge in [-0.05, 0) is 30.7 Å². The number of nitrogens with zero attached hydrogens (tertiary/aromatic N) is 4.